The van der Waals surface area contributed by atoms with E-state index in [1.54, 1.807) is 23.6 Å². The van der Waals surface area contributed by atoms with Gasteiger partial charge in [0.2, 0.25) is 0 Å². The summed E-state index contributed by atoms with van der Waals surface area (Å²) < 4.78 is 12.4. The van der Waals surface area contributed by atoms with Gasteiger partial charge in [-0.3, -0.25) is 9.59 Å². The van der Waals surface area contributed by atoms with Crippen LogP contribution >= 0.6 is 23.2 Å². The van der Waals surface area contributed by atoms with E-state index in [0.29, 0.717) is 21.3 Å². The fourth-order valence-corrected chi connectivity index (χ4v) is 3.90. The van der Waals surface area contributed by atoms with Gasteiger partial charge in [-0.1, -0.05) is 23.2 Å². The lowest BCUT2D eigenvalue weighted by molar-refractivity contribution is -0.147. The molecule has 2 heterocycles. The number of aliphatic hydroxyl groups is 2. The number of fused-ring (bicyclic) bond motifs is 1. The van der Waals surface area contributed by atoms with Crippen LogP contribution in [-0.4, -0.2) is 51.5 Å². The maximum atomic E-state index is 11.8. The first kappa shape index (κ1) is 21.1. The maximum absolute atomic E-state index is 11.8. The van der Waals surface area contributed by atoms with Gasteiger partial charge >= 0.3 is 5.97 Å². The molecule has 1 fully saturated rings. The molecule has 1 aromatic carbocycles. The minimum atomic E-state index is -1.27. The second-order valence-electron chi connectivity index (χ2n) is 6.95. The van der Waals surface area contributed by atoms with Gasteiger partial charge in [0.05, 0.1) is 15.6 Å². The zero-order chi connectivity index (χ0) is 20.7. The zero-order valence-corrected chi connectivity index (χ0v) is 17.1. The van der Waals surface area contributed by atoms with Gasteiger partial charge in [-0.15, -0.1) is 0 Å². The molecule has 4 unspecified atom stereocenters. The van der Waals surface area contributed by atoms with Crippen LogP contribution in [0.4, 0.5) is 0 Å². The third kappa shape index (κ3) is 3.77. The molecular weight excluding hydrogens is 409 g/mol. The summed E-state index contributed by atoms with van der Waals surface area (Å²) in [5.41, 5.74) is 2.05. The van der Waals surface area contributed by atoms with Crippen molar-refractivity contribution in [3.8, 4) is 0 Å². The van der Waals surface area contributed by atoms with Gasteiger partial charge < -0.3 is 24.3 Å². The van der Waals surface area contributed by atoms with Crippen LogP contribution < -0.4 is 0 Å². The third-order valence-electron chi connectivity index (χ3n) is 4.89. The predicted molar refractivity (Wildman–Crippen MR) is 104 cm³/mol. The number of hydrogen-bond acceptors (Lipinski definition) is 6. The lowest BCUT2D eigenvalue weighted by Gasteiger charge is -2.20. The average molecular weight is 430 g/mol. The smallest absolute Gasteiger partial charge is 0.302 e. The Morgan fingerprint density at radius 2 is 1.82 bits per heavy atom. The maximum Gasteiger partial charge on any atom is 0.302 e. The van der Waals surface area contributed by atoms with E-state index in [2.05, 4.69) is 0 Å². The van der Waals surface area contributed by atoms with E-state index in [4.69, 9.17) is 32.7 Å². The zero-order valence-electron chi connectivity index (χ0n) is 15.6. The standard InChI is InChI=1S/C19H21Cl2NO6/c1-8(23)4-11-9(2)22(15-6-14(21)13(20)5-12(11)15)19-18(26)17(25)16(28-19)7-27-10(3)24/h5-6,16-19,25-26H,4,7H2,1-3H3. The SMILES string of the molecule is CC(=O)Cc1c(C)n(C2OC(COC(C)=O)C(O)C2O)c2cc(Cl)c(Cl)cc12. The molecule has 9 heteroatoms. The second kappa shape index (κ2) is 8.00. The molecule has 28 heavy (non-hydrogen) atoms. The minimum Gasteiger partial charge on any atom is -0.463 e. The van der Waals surface area contributed by atoms with E-state index < -0.39 is 30.5 Å². The van der Waals surface area contributed by atoms with Crippen molar-refractivity contribution < 1.29 is 29.3 Å². The summed E-state index contributed by atoms with van der Waals surface area (Å²) in [6, 6.07) is 3.31. The number of esters is 1. The minimum absolute atomic E-state index is 0.0334. The lowest BCUT2D eigenvalue weighted by Crippen LogP contribution is -2.34. The van der Waals surface area contributed by atoms with Crippen LogP contribution in [0.5, 0.6) is 0 Å². The van der Waals surface area contributed by atoms with Crippen LogP contribution in [0.25, 0.3) is 10.9 Å². The number of ketones is 1. The molecule has 1 saturated heterocycles. The molecular formula is C19H21Cl2NO6. The van der Waals surface area contributed by atoms with Crippen LogP contribution in [0.2, 0.25) is 10.0 Å². The number of benzene rings is 1. The molecule has 4 atom stereocenters. The summed E-state index contributed by atoms with van der Waals surface area (Å²) in [5.74, 6) is -0.546. The van der Waals surface area contributed by atoms with E-state index >= 15 is 0 Å². The number of Topliss-reactive ketones (excluding diaryl/α,β-unsaturated/α-hetero) is 1. The Labute approximate surface area is 171 Å². The Bertz CT molecular complexity index is 940. The highest BCUT2D eigenvalue weighted by atomic mass is 35.5. The van der Waals surface area contributed by atoms with Crippen molar-refractivity contribution in [1.82, 2.24) is 4.57 Å². The van der Waals surface area contributed by atoms with Gasteiger partial charge in [-0.05, 0) is 31.5 Å². The summed E-state index contributed by atoms with van der Waals surface area (Å²) in [7, 11) is 0. The highest BCUT2D eigenvalue weighted by Crippen LogP contribution is 2.39. The van der Waals surface area contributed by atoms with Crippen LogP contribution in [0, 0.1) is 6.92 Å². The fourth-order valence-electron chi connectivity index (χ4n) is 3.58. The lowest BCUT2D eigenvalue weighted by atomic mass is 10.1. The average Bonchev–Trinajstić information content (AvgIpc) is 3.02. The number of halogens is 2. The number of ether oxygens (including phenoxy) is 2. The Balaban J connectivity index is 2.09. The number of aromatic nitrogens is 1. The first-order valence-corrected chi connectivity index (χ1v) is 9.50. The molecule has 0 bridgehead atoms. The molecule has 1 aliphatic heterocycles. The highest BCUT2D eigenvalue weighted by Gasteiger charge is 2.45. The second-order valence-corrected chi connectivity index (χ2v) is 7.76. The number of aliphatic hydroxyl groups excluding tert-OH is 2. The normalized spacial score (nSPS) is 24.7. The molecule has 0 amide bonds. The number of nitrogens with zero attached hydrogens (tertiary/aromatic N) is 1. The van der Waals surface area contributed by atoms with E-state index in [9.17, 15) is 19.8 Å². The Morgan fingerprint density at radius 1 is 1.18 bits per heavy atom. The first-order valence-electron chi connectivity index (χ1n) is 8.74. The number of rotatable bonds is 5. The van der Waals surface area contributed by atoms with Crippen molar-refractivity contribution in [3.05, 3.63) is 33.4 Å². The topological polar surface area (TPSA) is 98.0 Å². The predicted octanol–water partition coefficient (Wildman–Crippen LogP) is 2.57. The summed E-state index contributed by atoms with van der Waals surface area (Å²) in [5, 5.41) is 22.3. The highest BCUT2D eigenvalue weighted by molar-refractivity contribution is 6.42. The largest absolute Gasteiger partial charge is 0.463 e. The van der Waals surface area contributed by atoms with Crippen LogP contribution in [-0.2, 0) is 25.5 Å². The molecule has 1 aromatic heterocycles. The number of carbonyl (C=O) groups excluding carboxylic acids is 2. The molecule has 7 nitrogen and oxygen atoms in total. The molecule has 152 valence electrons. The van der Waals surface area contributed by atoms with Crippen molar-refractivity contribution >= 4 is 45.9 Å². The van der Waals surface area contributed by atoms with E-state index in [0.717, 1.165) is 10.9 Å². The number of hydrogen-bond donors (Lipinski definition) is 2. The summed E-state index contributed by atoms with van der Waals surface area (Å²) in [4.78, 5) is 22.8. The van der Waals surface area contributed by atoms with Crippen LogP contribution in [0.1, 0.15) is 31.3 Å². The Kier molecular flexibility index (Phi) is 6.03. The number of carbonyl (C=O) groups is 2. The van der Waals surface area contributed by atoms with Crippen molar-refractivity contribution in [3.63, 3.8) is 0 Å². The van der Waals surface area contributed by atoms with Crippen molar-refractivity contribution in [2.75, 3.05) is 6.61 Å². The molecule has 1 aliphatic rings. The quantitative estimate of drug-likeness (QED) is 0.708. The first-order chi connectivity index (χ1) is 13.1. The van der Waals surface area contributed by atoms with E-state index in [1.165, 1.54) is 13.8 Å². The molecule has 0 spiro atoms. The van der Waals surface area contributed by atoms with Gasteiger partial charge in [0.25, 0.3) is 0 Å². The van der Waals surface area contributed by atoms with Gasteiger partial charge in [0.1, 0.15) is 30.7 Å². The van der Waals surface area contributed by atoms with Crippen molar-refractivity contribution in [2.45, 2.75) is 51.7 Å². The van der Waals surface area contributed by atoms with E-state index in [1.807, 2.05) is 0 Å². The molecule has 0 radical (unpaired) electrons. The van der Waals surface area contributed by atoms with Crippen molar-refractivity contribution in [1.29, 1.82) is 0 Å². The van der Waals surface area contributed by atoms with Crippen molar-refractivity contribution in [2.24, 2.45) is 0 Å². The van der Waals surface area contributed by atoms with Crippen LogP contribution in [0.3, 0.4) is 0 Å². The molecule has 2 N–H and O–H groups in total. The van der Waals surface area contributed by atoms with E-state index in [-0.39, 0.29) is 18.8 Å². The summed E-state index contributed by atoms with van der Waals surface area (Å²) in [6.45, 7) is 4.34. The Morgan fingerprint density at radius 3 is 2.43 bits per heavy atom. The summed E-state index contributed by atoms with van der Waals surface area (Å²) >= 11 is 12.4. The van der Waals surface area contributed by atoms with Gasteiger partial charge in [-0.25, -0.2) is 0 Å². The molecule has 0 saturated carbocycles. The summed E-state index contributed by atoms with van der Waals surface area (Å²) in [6.07, 6.45) is -4.18. The molecule has 2 aromatic rings. The molecule has 3 rings (SSSR count). The third-order valence-corrected chi connectivity index (χ3v) is 5.61. The fraction of sp³-hybridized carbons (Fsp3) is 0.474. The van der Waals surface area contributed by atoms with Gasteiger partial charge in [0.15, 0.2) is 6.23 Å². The van der Waals surface area contributed by atoms with Crippen LogP contribution in [0.15, 0.2) is 12.1 Å². The molecule has 0 aliphatic carbocycles. The van der Waals surface area contributed by atoms with Gasteiger partial charge in [-0.2, -0.15) is 0 Å². The van der Waals surface area contributed by atoms with Gasteiger partial charge in [0, 0.05) is 24.4 Å². The Hall–Kier alpha value is -1.64. The monoisotopic (exact) mass is 429 g/mol.